The van der Waals surface area contributed by atoms with Crippen molar-refractivity contribution in [1.29, 1.82) is 0 Å². The van der Waals surface area contributed by atoms with E-state index in [2.05, 4.69) is 42.5 Å². The van der Waals surface area contributed by atoms with Gasteiger partial charge in [-0.3, -0.25) is 9.59 Å². The van der Waals surface area contributed by atoms with E-state index in [1.54, 1.807) is 0 Å². The number of allylic oxidation sites excluding steroid dienone is 6. The van der Waals surface area contributed by atoms with Crippen LogP contribution in [0.1, 0.15) is 63.4 Å². The van der Waals surface area contributed by atoms with Crippen LogP contribution in [0.5, 0.6) is 0 Å². The Morgan fingerprint density at radius 3 is 2.66 bits per heavy atom. The van der Waals surface area contributed by atoms with Gasteiger partial charge in [-0.05, 0) is 70.9 Å². The smallest absolute Gasteiger partial charge is 0.194 e. The topological polar surface area (TPSA) is 34.1 Å². The first-order chi connectivity index (χ1) is 15.7. The van der Waals surface area contributed by atoms with Crippen molar-refractivity contribution in [2.24, 2.45) is 23.7 Å². The third kappa shape index (κ3) is 1.89. The van der Waals surface area contributed by atoms with Crippen LogP contribution in [-0.4, -0.2) is 11.6 Å². The van der Waals surface area contributed by atoms with Gasteiger partial charge in [-0.2, -0.15) is 0 Å². The predicted molar refractivity (Wildman–Crippen MR) is 124 cm³/mol. The molecule has 2 fully saturated rings. The van der Waals surface area contributed by atoms with E-state index in [0.29, 0.717) is 17.6 Å². The number of carbonyl (C=O) groups is 2. The second-order valence-corrected chi connectivity index (χ2v) is 10.2. The summed E-state index contributed by atoms with van der Waals surface area (Å²) in [7, 11) is 0. The molecular formula is C30H22O2. The lowest BCUT2D eigenvalue weighted by molar-refractivity contribution is -0.123. The quantitative estimate of drug-likeness (QED) is 0.430. The SMILES string of the molecule is O=C1c2ccccc2C2=CC3CCC4C(=O)C5=CCC=CC5C5=Cc6ccc1c2c6C3C54. The second-order valence-electron chi connectivity index (χ2n) is 10.2. The molecule has 0 saturated heterocycles. The molecule has 5 unspecified atom stereocenters. The van der Waals surface area contributed by atoms with Crippen molar-refractivity contribution in [3.63, 3.8) is 0 Å². The van der Waals surface area contributed by atoms with Crippen LogP contribution < -0.4 is 0 Å². The van der Waals surface area contributed by atoms with Crippen molar-refractivity contribution in [1.82, 2.24) is 0 Å². The normalized spacial score (nSPS) is 32.2. The molecule has 6 aliphatic rings. The van der Waals surface area contributed by atoms with Crippen molar-refractivity contribution in [3.05, 3.63) is 105 Å². The van der Waals surface area contributed by atoms with Gasteiger partial charge in [0.05, 0.1) is 0 Å². The summed E-state index contributed by atoms with van der Waals surface area (Å²) in [6.45, 7) is 0. The van der Waals surface area contributed by atoms with Gasteiger partial charge in [0.15, 0.2) is 11.6 Å². The maximum atomic E-state index is 13.6. The minimum absolute atomic E-state index is 0.0852. The maximum Gasteiger partial charge on any atom is 0.194 e. The van der Waals surface area contributed by atoms with E-state index >= 15 is 0 Å². The average molecular weight is 415 g/mol. The molecule has 0 radical (unpaired) electrons. The summed E-state index contributed by atoms with van der Waals surface area (Å²) in [5, 5.41) is 0. The van der Waals surface area contributed by atoms with Crippen molar-refractivity contribution in [3.8, 4) is 0 Å². The third-order valence-electron chi connectivity index (χ3n) is 8.89. The Hall–Kier alpha value is -3.26. The molecule has 0 spiro atoms. The van der Waals surface area contributed by atoms with Gasteiger partial charge in [0.25, 0.3) is 0 Å². The molecular weight excluding hydrogens is 392 g/mol. The first kappa shape index (κ1) is 17.3. The highest BCUT2D eigenvalue weighted by Gasteiger charge is 2.54. The van der Waals surface area contributed by atoms with Crippen molar-refractivity contribution in [2.45, 2.75) is 25.2 Å². The lowest BCUT2D eigenvalue weighted by Gasteiger charge is -2.53. The monoisotopic (exact) mass is 414 g/mol. The highest BCUT2D eigenvalue weighted by molar-refractivity contribution is 6.19. The van der Waals surface area contributed by atoms with Crippen molar-refractivity contribution >= 4 is 23.2 Å². The molecule has 2 heteroatoms. The van der Waals surface area contributed by atoms with E-state index < -0.39 is 0 Å². The van der Waals surface area contributed by atoms with Gasteiger partial charge in [-0.1, -0.05) is 66.3 Å². The zero-order chi connectivity index (χ0) is 21.1. The van der Waals surface area contributed by atoms with Gasteiger partial charge < -0.3 is 0 Å². The van der Waals surface area contributed by atoms with Crippen LogP contribution in [0.3, 0.4) is 0 Å². The van der Waals surface area contributed by atoms with E-state index in [4.69, 9.17) is 0 Å². The van der Waals surface area contributed by atoms with Gasteiger partial charge in [-0.15, -0.1) is 0 Å². The Kier molecular flexibility index (Phi) is 3.11. The molecule has 6 aliphatic carbocycles. The average Bonchev–Trinajstić information content (AvgIpc) is 2.85. The summed E-state index contributed by atoms with van der Waals surface area (Å²) in [6, 6.07) is 12.3. The molecule has 0 aliphatic heterocycles. The fourth-order valence-electron chi connectivity index (χ4n) is 7.72. The van der Waals surface area contributed by atoms with Gasteiger partial charge in [-0.25, -0.2) is 0 Å². The highest BCUT2D eigenvalue weighted by atomic mass is 16.1. The number of fused-ring (bicyclic) bond motifs is 4. The number of ketones is 2. The Balaban J connectivity index is 1.44. The van der Waals surface area contributed by atoms with Crippen LogP contribution in [0.25, 0.3) is 11.6 Å². The lowest BCUT2D eigenvalue weighted by atomic mass is 9.49. The minimum atomic E-state index is 0.0852. The minimum Gasteiger partial charge on any atom is -0.294 e. The fraction of sp³-hybridized carbons (Fsp3) is 0.267. The molecule has 0 N–H and O–H groups in total. The summed E-state index contributed by atoms with van der Waals surface area (Å²) in [5.41, 5.74) is 10.2. The lowest BCUT2D eigenvalue weighted by Crippen LogP contribution is -2.47. The molecule has 0 aromatic heterocycles. The van der Waals surface area contributed by atoms with Crippen LogP contribution in [-0.2, 0) is 4.79 Å². The maximum absolute atomic E-state index is 13.6. The van der Waals surface area contributed by atoms with Crippen LogP contribution in [0.15, 0.2) is 71.8 Å². The number of hydrogen-bond acceptors (Lipinski definition) is 2. The van der Waals surface area contributed by atoms with Gasteiger partial charge in [0.2, 0.25) is 0 Å². The summed E-state index contributed by atoms with van der Waals surface area (Å²) in [6.07, 6.45) is 14.3. The molecule has 0 amide bonds. The van der Waals surface area contributed by atoms with E-state index in [-0.39, 0.29) is 23.5 Å². The Morgan fingerprint density at radius 2 is 1.75 bits per heavy atom. The zero-order valence-electron chi connectivity index (χ0n) is 17.7. The van der Waals surface area contributed by atoms with Gasteiger partial charge in [0, 0.05) is 28.5 Å². The Morgan fingerprint density at radius 1 is 0.875 bits per heavy atom. The van der Waals surface area contributed by atoms with E-state index in [1.165, 1.54) is 22.3 Å². The van der Waals surface area contributed by atoms with Crippen LogP contribution in [0.4, 0.5) is 0 Å². The molecule has 0 bridgehead atoms. The first-order valence-electron chi connectivity index (χ1n) is 11.9. The zero-order valence-corrected chi connectivity index (χ0v) is 17.7. The number of benzene rings is 2. The molecule has 154 valence electrons. The summed E-state index contributed by atoms with van der Waals surface area (Å²) in [4.78, 5) is 27.0. The van der Waals surface area contributed by atoms with E-state index in [9.17, 15) is 9.59 Å². The number of rotatable bonds is 0. The molecule has 2 nitrogen and oxygen atoms in total. The summed E-state index contributed by atoms with van der Waals surface area (Å²) >= 11 is 0. The van der Waals surface area contributed by atoms with Crippen molar-refractivity contribution in [2.75, 3.05) is 0 Å². The van der Waals surface area contributed by atoms with E-state index in [1.807, 2.05) is 24.3 Å². The van der Waals surface area contributed by atoms with Crippen LogP contribution in [0, 0.1) is 23.7 Å². The predicted octanol–water partition coefficient (Wildman–Crippen LogP) is 5.88. The molecule has 5 atom stereocenters. The first-order valence-corrected chi connectivity index (χ1v) is 11.9. The molecule has 2 aromatic rings. The molecule has 0 heterocycles. The Labute approximate surface area is 187 Å². The number of carbonyl (C=O) groups excluding carboxylic acids is 2. The molecule has 8 rings (SSSR count). The fourth-order valence-corrected chi connectivity index (χ4v) is 7.72. The molecule has 2 saturated carbocycles. The highest BCUT2D eigenvalue weighted by Crippen LogP contribution is 2.62. The summed E-state index contributed by atoms with van der Waals surface area (Å²) in [5.74, 6) is 1.72. The Bertz CT molecular complexity index is 1410. The van der Waals surface area contributed by atoms with Crippen molar-refractivity contribution < 1.29 is 9.59 Å². The molecule has 2 aromatic carbocycles. The van der Waals surface area contributed by atoms with E-state index in [0.717, 1.165) is 47.1 Å². The van der Waals surface area contributed by atoms with Crippen LogP contribution in [0.2, 0.25) is 0 Å². The number of hydrogen-bond donors (Lipinski definition) is 0. The van der Waals surface area contributed by atoms with Gasteiger partial charge in [0.1, 0.15) is 0 Å². The largest absolute Gasteiger partial charge is 0.294 e. The third-order valence-corrected chi connectivity index (χ3v) is 8.89. The van der Waals surface area contributed by atoms with Crippen LogP contribution >= 0.6 is 0 Å². The summed E-state index contributed by atoms with van der Waals surface area (Å²) < 4.78 is 0. The second kappa shape index (κ2) is 5.75. The van der Waals surface area contributed by atoms with Gasteiger partial charge >= 0.3 is 0 Å². The molecule has 32 heavy (non-hydrogen) atoms. The number of Topliss-reactive ketones (excluding diaryl/α,β-unsaturated/α-hetero) is 1. The standard InChI is InChI=1S/C30H22O2/c31-29-19-7-3-1-5-17(19)23-13-15-9-12-22-28-24(18-6-2-4-8-20(18)30(22)32)14-16-10-11-21(29)27(23)25(16)26(15)28/h1-3,5-8,10-11,13-15,18,22,26,28H,4,9,12H2.